The largest absolute Gasteiger partial charge is 0.380 e. The highest BCUT2D eigenvalue weighted by atomic mass is 16.5. The maximum absolute atomic E-state index is 5.67. The first-order valence-electron chi connectivity index (χ1n) is 5.96. The van der Waals surface area contributed by atoms with Crippen LogP contribution in [0, 0.1) is 0 Å². The average Bonchev–Trinajstić information content (AvgIpc) is 2.16. The van der Waals surface area contributed by atoms with Crippen molar-refractivity contribution < 1.29 is 4.74 Å². The van der Waals surface area contributed by atoms with Crippen LogP contribution in [0.25, 0.3) is 0 Å². The molecule has 0 atom stereocenters. The Kier molecular flexibility index (Phi) is 8.02. The first-order valence-corrected chi connectivity index (χ1v) is 5.96. The van der Waals surface area contributed by atoms with Gasteiger partial charge in [-0.05, 0) is 47.3 Å². The molecular weight excluding hydrogens is 188 g/mol. The number of hydrogen-bond acceptors (Lipinski definition) is 3. The number of unbranched alkanes of at least 4 members (excludes halogenated alkanes) is 3. The predicted molar refractivity (Wildman–Crippen MR) is 66.1 cm³/mol. The summed E-state index contributed by atoms with van der Waals surface area (Å²) in [6, 6.07) is 0. The third kappa shape index (κ3) is 7.77. The Morgan fingerprint density at radius 1 is 1.07 bits per heavy atom. The van der Waals surface area contributed by atoms with Gasteiger partial charge in [0.25, 0.3) is 0 Å². The van der Waals surface area contributed by atoms with Crippen LogP contribution in [0.4, 0.5) is 0 Å². The summed E-state index contributed by atoms with van der Waals surface area (Å²) in [4.78, 5) is 2.20. The number of hydrogen-bond donors (Lipinski definition) is 1. The molecule has 0 saturated carbocycles. The van der Waals surface area contributed by atoms with E-state index < -0.39 is 0 Å². The molecule has 0 aromatic rings. The van der Waals surface area contributed by atoms with Crippen LogP contribution >= 0.6 is 0 Å². The van der Waals surface area contributed by atoms with E-state index in [0.717, 1.165) is 32.6 Å². The maximum atomic E-state index is 5.67. The summed E-state index contributed by atoms with van der Waals surface area (Å²) >= 11 is 0. The fourth-order valence-corrected chi connectivity index (χ4v) is 1.15. The van der Waals surface area contributed by atoms with Crippen molar-refractivity contribution in [2.75, 3.05) is 33.9 Å². The summed E-state index contributed by atoms with van der Waals surface area (Å²) in [5.41, 5.74) is 5.56. The van der Waals surface area contributed by atoms with E-state index in [9.17, 15) is 0 Å². The summed E-state index contributed by atoms with van der Waals surface area (Å²) in [5, 5.41) is 0. The molecule has 0 bridgehead atoms. The zero-order valence-corrected chi connectivity index (χ0v) is 10.9. The standard InChI is InChI=1S/C12H28N2O/c1-12(2,14(3)4)11-15-10-8-6-5-7-9-13/h5-11,13H2,1-4H3. The van der Waals surface area contributed by atoms with Gasteiger partial charge in [-0.1, -0.05) is 12.8 Å². The van der Waals surface area contributed by atoms with Crippen molar-refractivity contribution in [3.05, 3.63) is 0 Å². The number of nitrogens with zero attached hydrogens (tertiary/aromatic N) is 1. The van der Waals surface area contributed by atoms with E-state index in [0.29, 0.717) is 0 Å². The highest BCUT2D eigenvalue weighted by molar-refractivity contribution is 4.75. The van der Waals surface area contributed by atoms with Crippen LogP contribution in [0.5, 0.6) is 0 Å². The van der Waals surface area contributed by atoms with Gasteiger partial charge in [0, 0.05) is 12.1 Å². The van der Waals surface area contributed by atoms with Gasteiger partial charge in [-0.2, -0.15) is 0 Å². The van der Waals surface area contributed by atoms with Crippen LogP contribution < -0.4 is 5.73 Å². The second-order valence-electron chi connectivity index (χ2n) is 4.96. The highest BCUT2D eigenvalue weighted by Crippen LogP contribution is 2.10. The van der Waals surface area contributed by atoms with E-state index in [-0.39, 0.29) is 5.54 Å². The summed E-state index contributed by atoms with van der Waals surface area (Å²) in [6.45, 7) is 6.89. The Morgan fingerprint density at radius 3 is 2.20 bits per heavy atom. The van der Waals surface area contributed by atoms with Crippen molar-refractivity contribution in [2.45, 2.75) is 45.1 Å². The van der Waals surface area contributed by atoms with Crippen molar-refractivity contribution in [3.63, 3.8) is 0 Å². The summed E-state index contributed by atoms with van der Waals surface area (Å²) in [5.74, 6) is 0. The lowest BCUT2D eigenvalue weighted by molar-refractivity contribution is 0.0345. The van der Waals surface area contributed by atoms with E-state index in [1.54, 1.807) is 0 Å². The molecule has 2 N–H and O–H groups in total. The molecule has 0 heterocycles. The quantitative estimate of drug-likeness (QED) is 0.598. The first kappa shape index (κ1) is 14.9. The second kappa shape index (κ2) is 8.08. The molecular formula is C12H28N2O. The first-order chi connectivity index (χ1) is 7.00. The maximum Gasteiger partial charge on any atom is 0.0644 e. The number of nitrogens with two attached hydrogens (primary N) is 1. The van der Waals surface area contributed by atoms with Gasteiger partial charge in [0.05, 0.1) is 6.61 Å². The highest BCUT2D eigenvalue weighted by Gasteiger charge is 2.19. The van der Waals surface area contributed by atoms with Crippen LogP contribution in [0.15, 0.2) is 0 Å². The molecule has 0 spiro atoms. The fourth-order valence-electron chi connectivity index (χ4n) is 1.15. The minimum atomic E-state index is 0.136. The fraction of sp³-hybridized carbons (Fsp3) is 1.00. The minimum Gasteiger partial charge on any atom is -0.380 e. The molecule has 3 nitrogen and oxygen atoms in total. The number of rotatable bonds is 9. The zero-order chi connectivity index (χ0) is 11.7. The van der Waals surface area contributed by atoms with Crippen LogP contribution in [-0.4, -0.2) is 44.3 Å². The Bertz CT molecular complexity index is 147. The topological polar surface area (TPSA) is 38.5 Å². The summed E-state index contributed by atoms with van der Waals surface area (Å²) in [6.07, 6.45) is 4.77. The van der Waals surface area contributed by atoms with Gasteiger partial charge in [-0.15, -0.1) is 0 Å². The van der Waals surface area contributed by atoms with Gasteiger partial charge in [-0.25, -0.2) is 0 Å². The van der Waals surface area contributed by atoms with Crippen LogP contribution in [0.1, 0.15) is 39.5 Å². The van der Waals surface area contributed by atoms with Crippen molar-refractivity contribution in [1.82, 2.24) is 4.90 Å². The lowest BCUT2D eigenvalue weighted by atomic mass is 10.1. The summed E-state index contributed by atoms with van der Waals surface area (Å²) < 4.78 is 5.67. The van der Waals surface area contributed by atoms with Gasteiger partial charge < -0.3 is 15.4 Å². The van der Waals surface area contributed by atoms with Crippen molar-refractivity contribution in [3.8, 4) is 0 Å². The lowest BCUT2D eigenvalue weighted by Crippen LogP contribution is -2.42. The SMILES string of the molecule is CN(C)C(C)(C)COCCCCCCN. The molecule has 3 heteroatoms. The van der Waals surface area contributed by atoms with Gasteiger partial charge in [-0.3, -0.25) is 0 Å². The van der Waals surface area contributed by atoms with E-state index in [1.807, 2.05) is 0 Å². The second-order valence-corrected chi connectivity index (χ2v) is 4.96. The van der Waals surface area contributed by atoms with Crippen LogP contribution in [0.2, 0.25) is 0 Å². The number of ether oxygens (including phenoxy) is 1. The molecule has 15 heavy (non-hydrogen) atoms. The molecule has 0 aromatic carbocycles. The monoisotopic (exact) mass is 216 g/mol. The van der Waals surface area contributed by atoms with Gasteiger partial charge in [0.1, 0.15) is 0 Å². The third-order valence-corrected chi connectivity index (χ3v) is 2.91. The Balaban J connectivity index is 3.31. The average molecular weight is 216 g/mol. The number of likely N-dealkylation sites (N-methyl/N-ethyl adjacent to an activating group) is 1. The van der Waals surface area contributed by atoms with E-state index in [2.05, 4.69) is 32.8 Å². The molecule has 0 saturated heterocycles. The summed E-state index contributed by atoms with van der Waals surface area (Å²) in [7, 11) is 4.18. The lowest BCUT2D eigenvalue weighted by Gasteiger charge is -2.32. The third-order valence-electron chi connectivity index (χ3n) is 2.91. The normalized spacial score (nSPS) is 12.4. The van der Waals surface area contributed by atoms with Gasteiger partial charge in [0.15, 0.2) is 0 Å². The zero-order valence-electron chi connectivity index (χ0n) is 10.9. The van der Waals surface area contributed by atoms with Crippen molar-refractivity contribution >= 4 is 0 Å². The molecule has 0 unspecified atom stereocenters. The van der Waals surface area contributed by atoms with Crippen LogP contribution in [0.3, 0.4) is 0 Å². The molecule has 0 rings (SSSR count). The predicted octanol–water partition coefficient (Wildman–Crippen LogP) is 1.86. The molecule has 0 amide bonds. The van der Waals surface area contributed by atoms with Gasteiger partial charge in [0.2, 0.25) is 0 Å². The minimum absolute atomic E-state index is 0.136. The molecule has 0 aliphatic rings. The van der Waals surface area contributed by atoms with Crippen LogP contribution in [-0.2, 0) is 4.74 Å². The van der Waals surface area contributed by atoms with E-state index in [4.69, 9.17) is 10.5 Å². The smallest absolute Gasteiger partial charge is 0.0644 e. The van der Waals surface area contributed by atoms with Gasteiger partial charge >= 0.3 is 0 Å². The van der Waals surface area contributed by atoms with E-state index >= 15 is 0 Å². The van der Waals surface area contributed by atoms with E-state index in [1.165, 1.54) is 12.8 Å². The van der Waals surface area contributed by atoms with Crippen molar-refractivity contribution in [2.24, 2.45) is 5.73 Å². The Morgan fingerprint density at radius 2 is 1.67 bits per heavy atom. The Hall–Kier alpha value is -0.120. The molecule has 0 aromatic heterocycles. The molecule has 0 aliphatic heterocycles. The molecule has 0 radical (unpaired) electrons. The molecule has 0 aliphatic carbocycles. The van der Waals surface area contributed by atoms with Crippen molar-refractivity contribution in [1.29, 1.82) is 0 Å². The molecule has 92 valence electrons. The molecule has 0 fully saturated rings. The Labute approximate surface area is 95.0 Å².